The summed E-state index contributed by atoms with van der Waals surface area (Å²) in [5.74, 6) is 0.926. The van der Waals surface area contributed by atoms with E-state index in [4.69, 9.17) is 0 Å². The zero-order valence-corrected chi connectivity index (χ0v) is 15.3. The van der Waals surface area contributed by atoms with Crippen molar-refractivity contribution in [3.63, 3.8) is 0 Å². The number of halogens is 3. The molecule has 0 aromatic heterocycles. The van der Waals surface area contributed by atoms with Gasteiger partial charge in [-0.25, -0.2) is 0 Å². The van der Waals surface area contributed by atoms with Gasteiger partial charge in [-0.05, 0) is 73.8 Å². The molecule has 1 aromatic rings. The summed E-state index contributed by atoms with van der Waals surface area (Å²) in [6, 6.07) is 5.50. The molecule has 4 aliphatic rings. The summed E-state index contributed by atoms with van der Waals surface area (Å²) in [6.45, 7) is 0.194. The number of rotatable bonds is 5. The van der Waals surface area contributed by atoms with Crippen molar-refractivity contribution in [2.45, 2.75) is 63.1 Å². The van der Waals surface area contributed by atoms with Crippen LogP contribution in [-0.2, 0) is 17.4 Å². The third kappa shape index (κ3) is 3.86. The fourth-order valence-corrected chi connectivity index (χ4v) is 6.36. The Kier molecular flexibility index (Phi) is 4.53. The molecule has 0 aliphatic heterocycles. The molecule has 2 atom stereocenters. The minimum Gasteiger partial charge on any atom is -0.390 e. The van der Waals surface area contributed by atoms with Crippen molar-refractivity contribution in [1.82, 2.24) is 5.32 Å². The summed E-state index contributed by atoms with van der Waals surface area (Å²) in [5, 5.41) is 13.6. The van der Waals surface area contributed by atoms with Crippen LogP contribution in [0.15, 0.2) is 24.3 Å². The normalized spacial score (nSPS) is 34.7. The van der Waals surface area contributed by atoms with E-state index >= 15 is 0 Å². The zero-order valence-electron chi connectivity index (χ0n) is 15.3. The molecule has 0 unspecified atom stereocenters. The average Bonchev–Trinajstić information content (AvgIpc) is 2.51. The average molecular weight is 381 g/mol. The van der Waals surface area contributed by atoms with Crippen LogP contribution in [0.25, 0.3) is 0 Å². The van der Waals surface area contributed by atoms with Crippen LogP contribution in [0.2, 0.25) is 0 Å². The summed E-state index contributed by atoms with van der Waals surface area (Å²) in [6.07, 6.45) is 1.73. The third-order valence-electron chi connectivity index (χ3n) is 6.73. The van der Waals surface area contributed by atoms with Gasteiger partial charge >= 0.3 is 6.18 Å². The summed E-state index contributed by atoms with van der Waals surface area (Å²) >= 11 is 0. The minimum atomic E-state index is -4.38. The van der Waals surface area contributed by atoms with Gasteiger partial charge in [0.2, 0.25) is 5.91 Å². The molecule has 27 heavy (non-hydrogen) atoms. The Labute approximate surface area is 157 Å². The van der Waals surface area contributed by atoms with Crippen LogP contribution in [0.4, 0.5) is 13.2 Å². The molecule has 4 fully saturated rings. The highest BCUT2D eigenvalue weighted by Crippen LogP contribution is 2.62. The van der Waals surface area contributed by atoms with Gasteiger partial charge in [0.05, 0.1) is 11.2 Å². The second-order valence-electron chi connectivity index (χ2n) is 9.12. The van der Waals surface area contributed by atoms with Crippen molar-refractivity contribution in [3.8, 4) is 0 Å². The molecule has 3 nitrogen and oxygen atoms in total. The topological polar surface area (TPSA) is 49.3 Å². The molecule has 0 heterocycles. The van der Waals surface area contributed by atoms with E-state index in [2.05, 4.69) is 5.32 Å². The lowest BCUT2D eigenvalue weighted by Gasteiger charge is -2.60. The molecule has 0 radical (unpaired) electrons. The molecule has 6 heteroatoms. The van der Waals surface area contributed by atoms with Crippen LogP contribution >= 0.6 is 0 Å². The Morgan fingerprint density at radius 1 is 1.15 bits per heavy atom. The molecule has 1 amide bonds. The smallest absolute Gasteiger partial charge is 0.390 e. The van der Waals surface area contributed by atoms with Gasteiger partial charge in [-0.15, -0.1) is 0 Å². The molecular weight excluding hydrogens is 355 g/mol. The molecular formula is C21H26F3NO2. The van der Waals surface area contributed by atoms with E-state index in [9.17, 15) is 23.1 Å². The first-order valence-electron chi connectivity index (χ1n) is 9.81. The van der Waals surface area contributed by atoms with E-state index in [1.54, 1.807) is 6.07 Å². The predicted molar refractivity (Wildman–Crippen MR) is 94.8 cm³/mol. The Bertz CT molecular complexity index is 716. The Balaban J connectivity index is 1.34. The molecule has 0 saturated heterocycles. The minimum absolute atomic E-state index is 0.106. The van der Waals surface area contributed by atoms with Crippen LogP contribution in [-0.4, -0.2) is 23.2 Å². The van der Waals surface area contributed by atoms with Gasteiger partial charge in [0.15, 0.2) is 0 Å². The SMILES string of the molecule is O=C(CC12C[C@@H]3C[C@H](CC(O)(C3)C1)C2)NCCc1ccccc1C(F)(F)F. The van der Waals surface area contributed by atoms with Crippen molar-refractivity contribution in [3.05, 3.63) is 35.4 Å². The monoisotopic (exact) mass is 381 g/mol. The van der Waals surface area contributed by atoms with Crippen LogP contribution < -0.4 is 5.32 Å². The van der Waals surface area contributed by atoms with Gasteiger partial charge in [-0.3, -0.25) is 4.79 Å². The van der Waals surface area contributed by atoms with Crippen molar-refractivity contribution in [1.29, 1.82) is 0 Å². The summed E-state index contributed by atoms with van der Waals surface area (Å²) in [4.78, 5) is 12.5. The number of amides is 1. The largest absolute Gasteiger partial charge is 0.416 e. The van der Waals surface area contributed by atoms with Gasteiger partial charge in [0.1, 0.15) is 0 Å². The molecule has 1 aromatic carbocycles. The lowest BCUT2D eigenvalue weighted by atomic mass is 9.47. The number of alkyl halides is 3. The maximum absolute atomic E-state index is 13.0. The number of nitrogens with one attached hydrogen (secondary N) is 1. The zero-order chi connectivity index (χ0) is 19.3. The maximum Gasteiger partial charge on any atom is 0.416 e. The van der Waals surface area contributed by atoms with Gasteiger partial charge in [0.25, 0.3) is 0 Å². The molecule has 0 spiro atoms. The highest BCUT2D eigenvalue weighted by Gasteiger charge is 2.57. The van der Waals surface area contributed by atoms with E-state index in [0.717, 1.165) is 31.7 Å². The molecule has 148 valence electrons. The summed E-state index contributed by atoms with van der Waals surface area (Å²) < 4.78 is 39.1. The van der Waals surface area contributed by atoms with E-state index < -0.39 is 17.3 Å². The molecule has 5 rings (SSSR count). The number of carbonyl (C=O) groups is 1. The molecule has 4 bridgehead atoms. The Morgan fingerprint density at radius 3 is 2.44 bits per heavy atom. The Hall–Kier alpha value is -1.56. The number of aliphatic hydroxyl groups is 1. The first-order valence-corrected chi connectivity index (χ1v) is 9.81. The lowest BCUT2D eigenvalue weighted by molar-refractivity contribution is -0.169. The number of benzene rings is 1. The van der Waals surface area contributed by atoms with Crippen molar-refractivity contribution < 1.29 is 23.1 Å². The van der Waals surface area contributed by atoms with E-state index in [1.807, 2.05) is 0 Å². The number of hydrogen-bond donors (Lipinski definition) is 2. The highest BCUT2D eigenvalue weighted by molar-refractivity contribution is 5.76. The lowest BCUT2D eigenvalue weighted by Crippen LogP contribution is -2.56. The summed E-state index contributed by atoms with van der Waals surface area (Å²) in [5.41, 5.74) is -1.15. The molecule has 4 saturated carbocycles. The van der Waals surface area contributed by atoms with Gasteiger partial charge in [-0.2, -0.15) is 13.2 Å². The number of hydrogen-bond acceptors (Lipinski definition) is 2. The van der Waals surface area contributed by atoms with Crippen molar-refractivity contribution >= 4 is 5.91 Å². The van der Waals surface area contributed by atoms with Crippen LogP contribution in [0.1, 0.15) is 56.1 Å². The second kappa shape index (κ2) is 6.50. The number of carbonyl (C=O) groups excluding carboxylic acids is 1. The van der Waals surface area contributed by atoms with Crippen molar-refractivity contribution in [2.24, 2.45) is 17.3 Å². The predicted octanol–water partition coefficient (Wildman–Crippen LogP) is 4.09. The molecule has 2 N–H and O–H groups in total. The Morgan fingerprint density at radius 2 is 1.81 bits per heavy atom. The fourth-order valence-electron chi connectivity index (χ4n) is 6.36. The van der Waals surface area contributed by atoms with Crippen LogP contribution in [0.5, 0.6) is 0 Å². The first kappa shape index (κ1) is 18.8. The second-order valence-corrected chi connectivity index (χ2v) is 9.12. The van der Waals surface area contributed by atoms with Gasteiger partial charge < -0.3 is 10.4 Å². The van der Waals surface area contributed by atoms with Crippen LogP contribution in [0, 0.1) is 17.3 Å². The van der Waals surface area contributed by atoms with E-state index in [1.165, 1.54) is 18.6 Å². The van der Waals surface area contributed by atoms with E-state index in [0.29, 0.717) is 24.7 Å². The van der Waals surface area contributed by atoms with Crippen LogP contribution in [0.3, 0.4) is 0 Å². The van der Waals surface area contributed by atoms with Gasteiger partial charge in [-0.1, -0.05) is 18.2 Å². The van der Waals surface area contributed by atoms with E-state index in [-0.39, 0.29) is 29.9 Å². The molecule has 4 aliphatic carbocycles. The maximum atomic E-state index is 13.0. The highest BCUT2D eigenvalue weighted by atomic mass is 19.4. The fraction of sp³-hybridized carbons (Fsp3) is 0.667. The standard InChI is InChI=1S/C21H26F3NO2/c22-21(23,24)17-4-2-1-3-16(17)5-6-25-18(26)12-19-8-14-7-15(9-19)11-20(27,10-14)13-19/h1-4,14-15,27H,5-13H2,(H,25,26)/t14-,15-,19?,20?/m0/s1. The third-order valence-corrected chi connectivity index (χ3v) is 6.73. The van der Waals surface area contributed by atoms with Crippen molar-refractivity contribution in [2.75, 3.05) is 6.54 Å². The quantitative estimate of drug-likeness (QED) is 0.807. The first-order chi connectivity index (χ1) is 12.7. The summed E-state index contributed by atoms with van der Waals surface area (Å²) in [7, 11) is 0. The van der Waals surface area contributed by atoms with Gasteiger partial charge in [0, 0.05) is 13.0 Å².